The zero-order valence-corrected chi connectivity index (χ0v) is 18.4. The molecule has 2 N–H and O–H groups in total. The molecule has 170 valence electrons. The lowest BCUT2D eigenvalue weighted by atomic mass is 9.94. The summed E-state index contributed by atoms with van der Waals surface area (Å²) < 4.78 is 16.9. The van der Waals surface area contributed by atoms with Gasteiger partial charge < -0.3 is 18.7 Å². The molecular formula is C25H23N2O6-. The Morgan fingerprint density at radius 1 is 0.939 bits per heavy atom. The van der Waals surface area contributed by atoms with E-state index in [0.29, 0.717) is 11.4 Å². The van der Waals surface area contributed by atoms with E-state index in [2.05, 4.69) is 4.99 Å². The van der Waals surface area contributed by atoms with Gasteiger partial charge in [-0.15, -0.1) is 5.23 Å². The van der Waals surface area contributed by atoms with Crippen LogP contribution in [0.1, 0.15) is 40.1 Å². The number of ether oxygens (including phenoxy) is 1. The molecule has 2 heterocycles. The third-order valence-electron chi connectivity index (χ3n) is 5.19. The predicted molar refractivity (Wildman–Crippen MR) is 120 cm³/mol. The summed E-state index contributed by atoms with van der Waals surface area (Å²) in [5.41, 5.74) is 1.38. The van der Waals surface area contributed by atoms with Crippen molar-refractivity contribution in [1.82, 2.24) is 0 Å². The van der Waals surface area contributed by atoms with E-state index in [1.165, 1.54) is 25.5 Å². The average molecular weight is 447 g/mol. The number of rotatable bonds is 7. The second kappa shape index (κ2) is 9.23. The van der Waals surface area contributed by atoms with E-state index in [-0.39, 0.29) is 22.4 Å². The minimum atomic E-state index is -0.595. The van der Waals surface area contributed by atoms with E-state index in [9.17, 15) is 15.5 Å². The molecule has 0 aliphatic carbocycles. The molecule has 2 aromatic heterocycles. The maximum atomic E-state index is 12.4. The van der Waals surface area contributed by atoms with Crippen LogP contribution in [0.4, 0.5) is 11.4 Å². The number of aryl methyl sites for hydroxylation is 2. The molecule has 8 heteroatoms. The molecule has 2 aromatic carbocycles. The van der Waals surface area contributed by atoms with E-state index in [0.717, 1.165) is 28.6 Å². The average Bonchev–Trinajstić information content (AvgIpc) is 3.42. The number of methoxy groups -OCH3 is 1. The maximum absolute atomic E-state index is 12.4. The van der Waals surface area contributed by atoms with Crippen molar-refractivity contribution in [3.63, 3.8) is 0 Å². The van der Waals surface area contributed by atoms with Gasteiger partial charge in [0.25, 0.3) is 0 Å². The molecule has 0 aliphatic heterocycles. The third-order valence-corrected chi connectivity index (χ3v) is 5.19. The topological polar surface area (TPSA) is 115 Å². The van der Waals surface area contributed by atoms with E-state index in [4.69, 9.17) is 13.6 Å². The fourth-order valence-electron chi connectivity index (χ4n) is 3.55. The lowest BCUT2D eigenvalue weighted by molar-refractivity contribution is -0.268. The Morgan fingerprint density at radius 3 is 2.03 bits per heavy atom. The van der Waals surface area contributed by atoms with Crippen molar-refractivity contribution >= 4 is 17.6 Å². The molecule has 4 aromatic rings. The van der Waals surface area contributed by atoms with Crippen LogP contribution in [0.3, 0.4) is 0 Å². The first kappa shape index (κ1) is 22.2. The highest BCUT2D eigenvalue weighted by Crippen LogP contribution is 2.35. The SMILES string of the molecule is COc1cc(C=Nc2ccc(C(c3ccc(C)o3)c3ccc(C)o3)cc2)c([O-])c(N(O)O)c1. The van der Waals surface area contributed by atoms with Crippen molar-refractivity contribution < 1.29 is 29.1 Å². The number of hydrogen-bond acceptors (Lipinski definition) is 8. The summed E-state index contributed by atoms with van der Waals surface area (Å²) in [6, 6.07) is 17.9. The number of furan rings is 2. The van der Waals surface area contributed by atoms with E-state index in [1.807, 2.05) is 62.4 Å². The van der Waals surface area contributed by atoms with Crippen LogP contribution in [-0.2, 0) is 0 Å². The molecule has 33 heavy (non-hydrogen) atoms. The first-order chi connectivity index (χ1) is 15.9. The molecule has 0 saturated carbocycles. The molecule has 0 fully saturated rings. The largest absolute Gasteiger partial charge is 0.870 e. The van der Waals surface area contributed by atoms with Crippen molar-refractivity contribution in [2.24, 2.45) is 4.99 Å². The number of benzene rings is 2. The fourth-order valence-corrected chi connectivity index (χ4v) is 3.55. The van der Waals surface area contributed by atoms with Crippen molar-refractivity contribution in [2.75, 3.05) is 12.3 Å². The molecule has 0 atom stereocenters. The van der Waals surface area contributed by atoms with E-state index < -0.39 is 5.75 Å². The van der Waals surface area contributed by atoms with Crippen LogP contribution in [0, 0.1) is 13.8 Å². The minimum Gasteiger partial charge on any atom is -0.870 e. The number of nitrogens with zero attached hydrogens (tertiary/aromatic N) is 2. The number of hydrogen-bond donors (Lipinski definition) is 2. The normalized spacial score (nSPS) is 11.5. The van der Waals surface area contributed by atoms with Crippen molar-refractivity contribution in [3.8, 4) is 11.5 Å². The molecule has 0 unspecified atom stereocenters. The standard InChI is InChI=1S/C25H24N2O6/c1-15-4-10-22(32-15)24(23-11-5-16(2)33-23)17-6-8-19(9-7-17)26-14-18-12-20(31-3)13-21(25(18)28)27(29)30/h4-14,24,28-30H,1-3H3/p-1. The second-order valence-corrected chi connectivity index (χ2v) is 7.53. The Kier molecular flexibility index (Phi) is 6.21. The quantitative estimate of drug-likeness (QED) is 0.300. The highest BCUT2D eigenvalue weighted by Gasteiger charge is 2.23. The summed E-state index contributed by atoms with van der Waals surface area (Å²) in [6.07, 6.45) is 1.36. The van der Waals surface area contributed by atoms with Crippen molar-refractivity contribution in [3.05, 3.63) is 94.8 Å². The van der Waals surface area contributed by atoms with Gasteiger partial charge in [0.15, 0.2) is 0 Å². The van der Waals surface area contributed by atoms with Gasteiger partial charge in [-0.25, -0.2) is 0 Å². The Labute approximate surface area is 190 Å². The number of anilines is 1. The highest BCUT2D eigenvalue weighted by atomic mass is 16.8. The van der Waals surface area contributed by atoms with Crippen LogP contribution in [-0.4, -0.2) is 23.7 Å². The van der Waals surface area contributed by atoms with E-state index >= 15 is 0 Å². The van der Waals surface area contributed by atoms with Crippen LogP contribution in [0.2, 0.25) is 0 Å². The molecule has 0 bridgehead atoms. The van der Waals surface area contributed by atoms with Crippen LogP contribution < -0.4 is 15.1 Å². The molecule has 0 spiro atoms. The van der Waals surface area contributed by atoms with Crippen LogP contribution in [0.5, 0.6) is 11.5 Å². The van der Waals surface area contributed by atoms with Crippen LogP contribution >= 0.6 is 0 Å². The summed E-state index contributed by atoms with van der Waals surface area (Å²) in [5, 5.41) is 30.8. The fraction of sp³-hybridized carbons (Fsp3) is 0.160. The highest BCUT2D eigenvalue weighted by molar-refractivity contribution is 5.89. The molecule has 0 amide bonds. The molecule has 4 rings (SSSR count). The summed E-state index contributed by atoms with van der Waals surface area (Å²) in [6.45, 7) is 3.79. The number of aliphatic imine (C=N–C) groups is 1. The summed E-state index contributed by atoms with van der Waals surface area (Å²) in [4.78, 5) is 4.36. The summed E-state index contributed by atoms with van der Waals surface area (Å²) in [7, 11) is 1.42. The first-order valence-electron chi connectivity index (χ1n) is 10.2. The Morgan fingerprint density at radius 2 is 1.55 bits per heavy atom. The van der Waals surface area contributed by atoms with Gasteiger partial charge in [-0.05, 0) is 67.4 Å². The Hall–Kier alpha value is -4.01. The molecule has 0 radical (unpaired) electrons. The van der Waals surface area contributed by atoms with Crippen LogP contribution in [0.25, 0.3) is 0 Å². The Bertz CT molecular complexity index is 1230. The first-order valence-corrected chi connectivity index (χ1v) is 10.2. The Balaban J connectivity index is 1.64. The lowest BCUT2D eigenvalue weighted by Crippen LogP contribution is -2.15. The maximum Gasteiger partial charge on any atom is 0.121 e. The van der Waals surface area contributed by atoms with Gasteiger partial charge in [-0.3, -0.25) is 15.4 Å². The minimum absolute atomic E-state index is 0.150. The van der Waals surface area contributed by atoms with Gasteiger partial charge in [0, 0.05) is 12.3 Å². The zero-order valence-electron chi connectivity index (χ0n) is 18.4. The van der Waals surface area contributed by atoms with Gasteiger partial charge in [0.05, 0.1) is 18.5 Å². The summed E-state index contributed by atoms with van der Waals surface area (Å²) in [5.74, 6) is 2.66. The molecule has 8 nitrogen and oxygen atoms in total. The molecule has 0 aliphatic rings. The van der Waals surface area contributed by atoms with Gasteiger partial charge >= 0.3 is 0 Å². The van der Waals surface area contributed by atoms with Gasteiger partial charge in [-0.2, -0.15) is 0 Å². The predicted octanol–water partition coefficient (Wildman–Crippen LogP) is 5.09. The zero-order chi connectivity index (χ0) is 23.5. The monoisotopic (exact) mass is 447 g/mol. The van der Waals surface area contributed by atoms with Gasteiger partial charge in [0.2, 0.25) is 0 Å². The second-order valence-electron chi connectivity index (χ2n) is 7.53. The third kappa shape index (κ3) is 4.77. The van der Waals surface area contributed by atoms with Gasteiger partial charge in [-0.1, -0.05) is 17.9 Å². The van der Waals surface area contributed by atoms with Gasteiger partial charge in [0.1, 0.15) is 34.7 Å². The molecule has 0 saturated heterocycles. The van der Waals surface area contributed by atoms with Crippen LogP contribution in [0.15, 0.2) is 74.5 Å². The van der Waals surface area contributed by atoms with E-state index in [1.54, 1.807) is 0 Å². The van der Waals surface area contributed by atoms with Crippen molar-refractivity contribution in [2.45, 2.75) is 19.8 Å². The lowest BCUT2D eigenvalue weighted by Gasteiger charge is -2.20. The van der Waals surface area contributed by atoms with Crippen molar-refractivity contribution in [1.29, 1.82) is 0 Å². The molecular weight excluding hydrogens is 424 g/mol. The summed E-state index contributed by atoms with van der Waals surface area (Å²) >= 11 is 0. The smallest absolute Gasteiger partial charge is 0.121 e.